The second-order valence-corrected chi connectivity index (χ2v) is 15.5. The molecule has 4 heterocycles. The lowest BCUT2D eigenvalue weighted by atomic mass is 10.0. The zero-order chi connectivity index (χ0) is 37.5. The van der Waals surface area contributed by atoms with Crippen molar-refractivity contribution < 1.29 is 4.42 Å². The molecule has 0 spiro atoms. The molecule has 0 aliphatic heterocycles. The van der Waals surface area contributed by atoms with Gasteiger partial charge in [0.25, 0.3) is 0 Å². The monoisotopic (exact) mass is 746 g/mol. The molecule has 0 fully saturated rings. The maximum absolute atomic E-state index is 6.52. The molecule has 0 aliphatic carbocycles. The highest BCUT2D eigenvalue weighted by molar-refractivity contribution is 7.25. The first-order valence-electron chi connectivity index (χ1n) is 19.0. The number of nitrogens with zero attached hydrogens (tertiary/aromatic N) is 4. The van der Waals surface area contributed by atoms with Crippen LogP contribution in [0.5, 0.6) is 0 Å². The van der Waals surface area contributed by atoms with Crippen LogP contribution in [-0.4, -0.2) is 19.5 Å². The number of thiophene rings is 1. The Hall–Kier alpha value is -7.41. The Morgan fingerprint density at radius 3 is 1.74 bits per heavy atom. The normalized spacial score (nSPS) is 11.9. The molecule has 0 N–H and O–H groups in total. The minimum Gasteiger partial charge on any atom is -0.456 e. The van der Waals surface area contributed by atoms with Gasteiger partial charge in [0.15, 0.2) is 17.5 Å². The van der Waals surface area contributed by atoms with E-state index < -0.39 is 0 Å². The summed E-state index contributed by atoms with van der Waals surface area (Å²) in [5.41, 5.74) is 10.2. The van der Waals surface area contributed by atoms with E-state index in [-0.39, 0.29) is 0 Å². The Morgan fingerprint density at radius 2 is 0.930 bits per heavy atom. The molecule has 5 nitrogen and oxygen atoms in total. The van der Waals surface area contributed by atoms with Gasteiger partial charge in [-0.25, -0.2) is 15.0 Å². The summed E-state index contributed by atoms with van der Waals surface area (Å²) in [4.78, 5) is 15.1. The van der Waals surface area contributed by atoms with Crippen LogP contribution in [0.15, 0.2) is 186 Å². The first kappa shape index (κ1) is 31.9. The third kappa shape index (κ3) is 5.19. The standard InChI is InChI=1S/C51H30N4OS/c1-3-11-31(12-4-1)49-52-50(54-51(53-49)35-20-24-40-39-16-8-10-18-47(39)57-48(40)30-35)34-19-23-38-42-28-33(22-26-45(42)56-46(38)29-34)32-21-25-44-41(27-32)37-15-7-9-17-43(37)55(44)36-13-5-2-6-14-36/h1-30H. The van der Waals surface area contributed by atoms with Crippen molar-refractivity contribution in [2.45, 2.75) is 0 Å². The fraction of sp³-hybridized carbons (Fsp3) is 0. The average molecular weight is 747 g/mol. The molecule has 12 aromatic rings. The number of aromatic nitrogens is 4. The average Bonchev–Trinajstić information content (AvgIpc) is 3.95. The number of furan rings is 1. The summed E-state index contributed by atoms with van der Waals surface area (Å²) in [6, 6.07) is 63.9. The van der Waals surface area contributed by atoms with Crippen molar-refractivity contribution in [3.05, 3.63) is 182 Å². The summed E-state index contributed by atoms with van der Waals surface area (Å²) >= 11 is 1.79. The van der Waals surface area contributed by atoms with E-state index in [0.29, 0.717) is 17.5 Å². The summed E-state index contributed by atoms with van der Waals surface area (Å²) < 4.78 is 11.3. The highest BCUT2D eigenvalue weighted by Crippen LogP contribution is 2.39. The Balaban J connectivity index is 0.959. The van der Waals surface area contributed by atoms with E-state index in [1.54, 1.807) is 11.3 Å². The van der Waals surface area contributed by atoms with Crippen LogP contribution in [0.4, 0.5) is 0 Å². The van der Waals surface area contributed by atoms with Crippen molar-refractivity contribution in [1.82, 2.24) is 19.5 Å². The molecule has 0 radical (unpaired) electrons. The third-order valence-electron chi connectivity index (χ3n) is 11.1. The Labute approximate surface area is 330 Å². The van der Waals surface area contributed by atoms with Gasteiger partial charge in [-0.3, -0.25) is 0 Å². The molecule has 6 heteroatoms. The van der Waals surface area contributed by atoms with E-state index in [0.717, 1.165) is 55.4 Å². The lowest BCUT2D eigenvalue weighted by molar-refractivity contribution is 0.669. The van der Waals surface area contributed by atoms with Gasteiger partial charge in [0.1, 0.15) is 11.2 Å². The molecule has 0 saturated heterocycles. The SMILES string of the molecule is c1ccc(-c2nc(-c3ccc4c(c3)oc3ccc(-c5ccc6c(c5)c5ccccc5n6-c5ccccc5)cc34)nc(-c3ccc4c(c3)sc3ccccc34)n2)cc1. The van der Waals surface area contributed by atoms with Gasteiger partial charge in [0.2, 0.25) is 0 Å². The van der Waals surface area contributed by atoms with Gasteiger partial charge in [-0.15, -0.1) is 11.3 Å². The van der Waals surface area contributed by atoms with Gasteiger partial charge < -0.3 is 8.98 Å². The van der Waals surface area contributed by atoms with Crippen LogP contribution in [-0.2, 0) is 0 Å². The van der Waals surface area contributed by atoms with Crippen molar-refractivity contribution >= 4 is 75.3 Å². The topological polar surface area (TPSA) is 56.7 Å². The smallest absolute Gasteiger partial charge is 0.164 e. The number of rotatable bonds is 5. The van der Waals surface area contributed by atoms with Crippen LogP contribution in [0.3, 0.4) is 0 Å². The molecule has 0 bridgehead atoms. The molecule has 266 valence electrons. The van der Waals surface area contributed by atoms with Crippen LogP contribution in [0.25, 0.3) is 115 Å². The van der Waals surface area contributed by atoms with Crippen molar-refractivity contribution in [3.63, 3.8) is 0 Å². The maximum atomic E-state index is 6.52. The highest BCUT2D eigenvalue weighted by Gasteiger charge is 2.17. The Morgan fingerprint density at radius 1 is 0.351 bits per heavy atom. The number of benzene rings is 8. The molecule has 0 saturated carbocycles. The van der Waals surface area contributed by atoms with Gasteiger partial charge in [-0.05, 0) is 77.9 Å². The fourth-order valence-electron chi connectivity index (χ4n) is 8.32. The van der Waals surface area contributed by atoms with Crippen molar-refractivity contribution in [2.75, 3.05) is 0 Å². The van der Waals surface area contributed by atoms with E-state index in [1.807, 2.05) is 30.3 Å². The quantitative estimate of drug-likeness (QED) is 0.176. The largest absolute Gasteiger partial charge is 0.456 e. The fourth-order valence-corrected chi connectivity index (χ4v) is 9.46. The van der Waals surface area contributed by atoms with E-state index in [4.69, 9.17) is 19.4 Å². The van der Waals surface area contributed by atoms with Crippen molar-refractivity contribution in [1.29, 1.82) is 0 Å². The Kier molecular flexibility index (Phi) is 7.03. The van der Waals surface area contributed by atoms with E-state index >= 15 is 0 Å². The lowest BCUT2D eigenvalue weighted by Crippen LogP contribution is -2.00. The second kappa shape index (κ2) is 12.6. The van der Waals surface area contributed by atoms with Gasteiger partial charge in [-0.1, -0.05) is 115 Å². The first-order valence-corrected chi connectivity index (χ1v) is 19.8. The van der Waals surface area contributed by atoms with Crippen LogP contribution < -0.4 is 0 Å². The zero-order valence-electron chi connectivity index (χ0n) is 30.4. The molecule has 4 aromatic heterocycles. The summed E-state index contributed by atoms with van der Waals surface area (Å²) in [5, 5.41) is 7.09. The maximum Gasteiger partial charge on any atom is 0.164 e. The molecule has 0 unspecified atom stereocenters. The molecule has 57 heavy (non-hydrogen) atoms. The number of fused-ring (bicyclic) bond motifs is 9. The Bertz CT molecular complexity index is 3530. The summed E-state index contributed by atoms with van der Waals surface area (Å²) in [5.74, 6) is 1.86. The summed E-state index contributed by atoms with van der Waals surface area (Å²) in [6.07, 6.45) is 0. The van der Waals surface area contributed by atoms with E-state index in [9.17, 15) is 0 Å². The summed E-state index contributed by atoms with van der Waals surface area (Å²) in [6.45, 7) is 0. The van der Waals surface area contributed by atoms with Crippen molar-refractivity contribution in [3.8, 4) is 51.0 Å². The molecule has 0 aliphatic rings. The molecule has 8 aromatic carbocycles. The molecule has 12 rings (SSSR count). The second-order valence-electron chi connectivity index (χ2n) is 14.4. The number of hydrogen-bond donors (Lipinski definition) is 0. The molecular formula is C51H30N4OS. The summed E-state index contributed by atoms with van der Waals surface area (Å²) in [7, 11) is 0. The van der Waals surface area contributed by atoms with Gasteiger partial charge >= 0.3 is 0 Å². The van der Waals surface area contributed by atoms with Crippen molar-refractivity contribution in [2.24, 2.45) is 0 Å². The van der Waals surface area contributed by atoms with Crippen LogP contribution in [0.2, 0.25) is 0 Å². The van der Waals surface area contributed by atoms with E-state index in [2.05, 4.69) is 156 Å². The number of para-hydroxylation sites is 2. The predicted molar refractivity (Wildman–Crippen MR) is 236 cm³/mol. The van der Waals surface area contributed by atoms with Gasteiger partial charge in [0.05, 0.1) is 11.0 Å². The predicted octanol–water partition coefficient (Wildman–Crippen LogP) is 13.9. The zero-order valence-corrected chi connectivity index (χ0v) is 31.2. The van der Waals surface area contributed by atoms with Gasteiger partial charge in [-0.2, -0.15) is 0 Å². The number of hydrogen-bond acceptors (Lipinski definition) is 5. The molecular weight excluding hydrogens is 717 g/mol. The van der Waals surface area contributed by atoms with Gasteiger partial charge in [0, 0.05) is 64.1 Å². The molecule has 0 atom stereocenters. The minimum absolute atomic E-state index is 0.598. The van der Waals surface area contributed by atoms with Crippen LogP contribution >= 0.6 is 11.3 Å². The van der Waals surface area contributed by atoms with E-state index in [1.165, 1.54) is 42.0 Å². The first-order chi connectivity index (χ1) is 28.2. The highest BCUT2D eigenvalue weighted by atomic mass is 32.1. The van der Waals surface area contributed by atoms with Crippen LogP contribution in [0, 0.1) is 0 Å². The van der Waals surface area contributed by atoms with Crippen LogP contribution in [0.1, 0.15) is 0 Å². The third-order valence-corrected chi connectivity index (χ3v) is 12.2. The lowest BCUT2D eigenvalue weighted by Gasteiger charge is -2.08. The molecule has 0 amide bonds. The minimum atomic E-state index is 0.598.